The standard InChI is InChI=1S/C20H23N3O4/c1-4-6-17(24)27-14-8-7-13(11-14)23(3)18-15-9-10-21-19(15)22-12-16(18)20(25)26-5-2/h1,9-10,12-14H,5-8,11H2,2-3H3,(H,21,22)/t13-,14-/m0/s1. The van der Waals surface area contributed by atoms with Crippen LogP contribution in [0, 0.1) is 12.3 Å². The molecule has 0 radical (unpaired) electrons. The summed E-state index contributed by atoms with van der Waals surface area (Å²) in [6.07, 6.45) is 10.6. The van der Waals surface area contributed by atoms with Crippen LogP contribution >= 0.6 is 0 Å². The van der Waals surface area contributed by atoms with Crippen LogP contribution in [0.15, 0.2) is 18.5 Å². The van der Waals surface area contributed by atoms with Crippen molar-refractivity contribution in [2.45, 2.75) is 44.8 Å². The molecule has 0 unspecified atom stereocenters. The van der Waals surface area contributed by atoms with Gasteiger partial charge in [-0.25, -0.2) is 9.78 Å². The van der Waals surface area contributed by atoms with E-state index in [-0.39, 0.29) is 24.5 Å². The molecule has 2 atom stereocenters. The molecule has 1 saturated carbocycles. The Kier molecular flexibility index (Phi) is 5.65. The molecule has 1 aliphatic rings. The predicted molar refractivity (Wildman–Crippen MR) is 101 cm³/mol. The number of H-pyrrole nitrogens is 1. The highest BCUT2D eigenvalue weighted by Gasteiger charge is 2.32. The summed E-state index contributed by atoms with van der Waals surface area (Å²) in [6.45, 7) is 2.07. The van der Waals surface area contributed by atoms with Gasteiger partial charge in [0.05, 0.1) is 12.3 Å². The highest BCUT2D eigenvalue weighted by atomic mass is 16.5. The van der Waals surface area contributed by atoms with Crippen LogP contribution in [0.3, 0.4) is 0 Å². The first-order valence-electron chi connectivity index (χ1n) is 9.04. The number of aromatic nitrogens is 2. The largest absolute Gasteiger partial charge is 0.462 e. The Labute approximate surface area is 158 Å². The maximum Gasteiger partial charge on any atom is 0.341 e. The van der Waals surface area contributed by atoms with E-state index in [1.54, 1.807) is 19.3 Å². The summed E-state index contributed by atoms with van der Waals surface area (Å²) in [4.78, 5) is 33.6. The normalized spacial score (nSPS) is 18.9. The number of nitrogens with zero attached hydrogens (tertiary/aromatic N) is 2. The van der Waals surface area contributed by atoms with E-state index in [0.29, 0.717) is 24.2 Å². The second kappa shape index (κ2) is 8.12. The van der Waals surface area contributed by atoms with Gasteiger partial charge in [0.15, 0.2) is 0 Å². The van der Waals surface area contributed by atoms with Crippen LogP contribution in [0.25, 0.3) is 11.0 Å². The van der Waals surface area contributed by atoms with E-state index in [4.69, 9.17) is 15.9 Å². The Morgan fingerprint density at radius 1 is 1.44 bits per heavy atom. The first kappa shape index (κ1) is 18.8. The minimum atomic E-state index is -0.398. The van der Waals surface area contributed by atoms with Gasteiger partial charge in [-0.05, 0) is 25.8 Å². The maximum absolute atomic E-state index is 12.4. The van der Waals surface area contributed by atoms with Gasteiger partial charge in [-0.3, -0.25) is 4.79 Å². The molecule has 2 heterocycles. The van der Waals surface area contributed by atoms with Gasteiger partial charge < -0.3 is 19.4 Å². The molecule has 1 N–H and O–H groups in total. The van der Waals surface area contributed by atoms with Crippen molar-refractivity contribution in [3.63, 3.8) is 0 Å². The molecule has 0 amide bonds. The molecule has 0 saturated heterocycles. The summed E-state index contributed by atoms with van der Waals surface area (Å²) >= 11 is 0. The molecule has 3 rings (SSSR count). The van der Waals surface area contributed by atoms with Crippen molar-refractivity contribution in [2.75, 3.05) is 18.6 Å². The number of carbonyl (C=O) groups excluding carboxylic acids is 2. The molecule has 1 aliphatic carbocycles. The average molecular weight is 369 g/mol. The van der Waals surface area contributed by atoms with Crippen LogP contribution in [-0.2, 0) is 14.3 Å². The lowest BCUT2D eigenvalue weighted by Gasteiger charge is -2.29. The van der Waals surface area contributed by atoms with E-state index in [2.05, 4.69) is 20.8 Å². The van der Waals surface area contributed by atoms with Gasteiger partial charge in [-0.15, -0.1) is 6.42 Å². The van der Waals surface area contributed by atoms with Gasteiger partial charge in [0.2, 0.25) is 0 Å². The Morgan fingerprint density at radius 2 is 2.26 bits per heavy atom. The van der Waals surface area contributed by atoms with Crippen LogP contribution < -0.4 is 4.90 Å². The van der Waals surface area contributed by atoms with Crippen molar-refractivity contribution in [1.29, 1.82) is 0 Å². The van der Waals surface area contributed by atoms with E-state index >= 15 is 0 Å². The third-order valence-corrected chi connectivity index (χ3v) is 4.86. The number of esters is 2. The predicted octanol–water partition coefficient (Wildman–Crippen LogP) is 2.66. The molecule has 0 aromatic carbocycles. The Balaban J connectivity index is 1.85. The van der Waals surface area contributed by atoms with Crippen molar-refractivity contribution in [1.82, 2.24) is 9.97 Å². The lowest BCUT2D eigenvalue weighted by Crippen LogP contribution is -2.32. The molecule has 7 nitrogen and oxygen atoms in total. The topological polar surface area (TPSA) is 84.5 Å². The zero-order chi connectivity index (χ0) is 19.4. The SMILES string of the molecule is C#CCC(=O)O[C@H]1CC[C@H](N(C)c2c(C(=O)OCC)cnc3[nH]ccc23)C1. The number of ether oxygens (including phenoxy) is 2. The van der Waals surface area contributed by atoms with Crippen LogP contribution in [0.2, 0.25) is 0 Å². The van der Waals surface area contributed by atoms with Crippen molar-refractivity contribution in [3.05, 3.63) is 24.0 Å². The monoisotopic (exact) mass is 369 g/mol. The Bertz CT molecular complexity index is 883. The zero-order valence-electron chi connectivity index (χ0n) is 15.5. The summed E-state index contributed by atoms with van der Waals surface area (Å²) in [6, 6.07) is 2.03. The first-order valence-corrected chi connectivity index (χ1v) is 9.04. The number of carbonyl (C=O) groups is 2. The Hall–Kier alpha value is -3.01. The van der Waals surface area contributed by atoms with Gasteiger partial charge in [0.25, 0.3) is 0 Å². The lowest BCUT2D eigenvalue weighted by atomic mass is 10.1. The van der Waals surface area contributed by atoms with E-state index in [1.807, 2.05) is 13.1 Å². The van der Waals surface area contributed by atoms with Gasteiger partial charge in [0.1, 0.15) is 23.7 Å². The maximum atomic E-state index is 12.4. The van der Waals surface area contributed by atoms with Crippen molar-refractivity contribution in [2.24, 2.45) is 0 Å². The van der Waals surface area contributed by atoms with Gasteiger partial charge in [-0.2, -0.15) is 0 Å². The fourth-order valence-corrected chi connectivity index (χ4v) is 3.60. The number of aromatic amines is 1. The molecular formula is C20H23N3O4. The minimum absolute atomic E-state index is 0.0155. The first-order chi connectivity index (χ1) is 13.0. The molecule has 2 aromatic heterocycles. The second-order valence-electron chi connectivity index (χ2n) is 6.55. The van der Waals surface area contributed by atoms with Crippen LogP contribution in [0.4, 0.5) is 5.69 Å². The van der Waals surface area contributed by atoms with Crippen LogP contribution in [-0.4, -0.2) is 47.7 Å². The highest BCUT2D eigenvalue weighted by Crippen LogP contribution is 2.35. The van der Waals surface area contributed by atoms with Gasteiger partial charge in [0, 0.05) is 37.3 Å². The molecule has 1 fully saturated rings. The summed E-state index contributed by atoms with van der Waals surface area (Å²) in [7, 11) is 1.95. The van der Waals surface area contributed by atoms with Crippen LogP contribution in [0.5, 0.6) is 0 Å². The number of hydrogen-bond acceptors (Lipinski definition) is 6. The number of pyridine rings is 1. The quantitative estimate of drug-likeness (QED) is 0.622. The molecule has 27 heavy (non-hydrogen) atoms. The number of fused-ring (bicyclic) bond motifs is 1. The minimum Gasteiger partial charge on any atom is -0.462 e. The van der Waals surface area contributed by atoms with E-state index < -0.39 is 5.97 Å². The average Bonchev–Trinajstić information content (AvgIpc) is 3.29. The van der Waals surface area contributed by atoms with E-state index in [0.717, 1.165) is 23.9 Å². The zero-order valence-corrected chi connectivity index (χ0v) is 15.5. The number of hydrogen-bond donors (Lipinski definition) is 1. The number of rotatable bonds is 6. The molecule has 0 aliphatic heterocycles. The van der Waals surface area contributed by atoms with E-state index in [9.17, 15) is 9.59 Å². The molecular weight excluding hydrogens is 346 g/mol. The van der Waals surface area contributed by atoms with E-state index in [1.165, 1.54) is 0 Å². The summed E-state index contributed by atoms with van der Waals surface area (Å²) < 4.78 is 10.6. The van der Waals surface area contributed by atoms with Gasteiger partial charge >= 0.3 is 11.9 Å². The summed E-state index contributed by atoms with van der Waals surface area (Å²) in [5, 5.41) is 0.857. The molecule has 2 aromatic rings. The number of nitrogens with one attached hydrogen (secondary N) is 1. The molecule has 0 spiro atoms. The lowest BCUT2D eigenvalue weighted by molar-refractivity contribution is -0.147. The second-order valence-corrected chi connectivity index (χ2v) is 6.55. The van der Waals surface area contributed by atoms with Crippen molar-refractivity contribution < 1.29 is 19.1 Å². The third kappa shape index (κ3) is 3.90. The molecule has 0 bridgehead atoms. The Morgan fingerprint density at radius 3 is 3.00 bits per heavy atom. The third-order valence-electron chi connectivity index (χ3n) is 4.86. The van der Waals surface area contributed by atoms with Crippen molar-refractivity contribution >= 4 is 28.7 Å². The summed E-state index contributed by atoms with van der Waals surface area (Å²) in [5.74, 6) is 1.54. The van der Waals surface area contributed by atoms with Gasteiger partial charge in [-0.1, -0.05) is 5.92 Å². The van der Waals surface area contributed by atoms with Crippen molar-refractivity contribution in [3.8, 4) is 12.3 Å². The summed E-state index contributed by atoms with van der Waals surface area (Å²) in [5.41, 5.74) is 1.92. The molecule has 7 heteroatoms. The highest BCUT2D eigenvalue weighted by molar-refractivity contribution is 6.04. The number of anilines is 1. The fourth-order valence-electron chi connectivity index (χ4n) is 3.60. The fraction of sp³-hybridized carbons (Fsp3) is 0.450. The number of terminal acetylenes is 1. The smallest absolute Gasteiger partial charge is 0.341 e. The molecule has 142 valence electrons. The van der Waals surface area contributed by atoms with Crippen LogP contribution in [0.1, 0.15) is 43.0 Å².